The molecule has 2 rings (SSSR count). The summed E-state index contributed by atoms with van der Waals surface area (Å²) in [4.78, 5) is 12.1. The van der Waals surface area contributed by atoms with Crippen LogP contribution < -0.4 is 15.4 Å². The number of aliphatic hydroxyl groups excluding tert-OH is 1. The second-order valence-electron chi connectivity index (χ2n) is 4.98. The molecule has 0 radical (unpaired) electrons. The molecule has 128 valence electrons. The number of amides is 2. The number of ether oxygens (including phenoxy) is 1. The van der Waals surface area contributed by atoms with Crippen molar-refractivity contribution in [2.45, 2.75) is 20.1 Å². The fraction of sp³-hybridized carbons (Fsp3) is 0.235. The minimum absolute atomic E-state index is 0.0334. The quantitative estimate of drug-likeness (QED) is 0.660. The first-order chi connectivity index (χ1) is 11.5. The zero-order valence-electron chi connectivity index (χ0n) is 13.1. The van der Waals surface area contributed by atoms with E-state index in [1.807, 2.05) is 31.2 Å². The highest BCUT2D eigenvalue weighted by molar-refractivity contribution is 9.10. The fourth-order valence-electron chi connectivity index (χ4n) is 2.13. The summed E-state index contributed by atoms with van der Waals surface area (Å²) in [6.45, 7) is 2.63. The molecule has 0 saturated heterocycles. The maximum absolute atomic E-state index is 12.1. The summed E-state index contributed by atoms with van der Waals surface area (Å²) in [5.74, 6) is 0.527. The van der Waals surface area contributed by atoms with E-state index in [0.717, 1.165) is 11.1 Å². The van der Waals surface area contributed by atoms with Crippen molar-refractivity contribution < 1.29 is 14.6 Å². The lowest BCUT2D eigenvalue weighted by Crippen LogP contribution is -2.28. The summed E-state index contributed by atoms with van der Waals surface area (Å²) in [6.07, 6.45) is 0. The van der Waals surface area contributed by atoms with Gasteiger partial charge in [-0.05, 0) is 46.1 Å². The van der Waals surface area contributed by atoms with Gasteiger partial charge in [0.15, 0.2) is 5.75 Å². The van der Waals surface area contributed by atoms with Gasteiger partial charge < -0.3 is 20.5 Å². The van der Waals surface area contributed by atoms with Gasteiger partial charge in [0, 0.05) is 11.6 Å². The Morgan fingerprint density at radius 2 is 2.04 bits per heavy atom. The summed E-state index contributed by atoms with van der Waals surface area (Å²) in [5, 5.41) is 15.1. The van der Waals surface area contributed by atoms with Gasteiger partial charge in [0.05, 0.1) is 23.4 Å². The Morgan fingerprint density at radius 3 is 2.75 bits per heavy atom. The van der Waals surface area contributed by atoms with Gasteiger partial charge in [-0.1, -0.05) is 35.9 Å². The van der Waals surface area contributed by atoms with Gasteiger partial charge in [-0.3, -0.25) is 0 Å². The Morgan fingerprint density at radius 1 is 1.29 bits per heavy atom. The number of nitrogens with one attached hydrogen (secondary N) is 2. The molecule has 0 atom stereocenters. The van der Waals surface area contributed by atoms with Crippen molar-refractivity contribution in [1.29, 1.82) is 0 Å². The summed E-state index contributed by atoms with van der Waals surface area (Å²) < 4.78 is 6.21. The van der Waals surface area contributed by atoms with Crippen molar-refractivity contribution in [3.8, 4) is 5.75 Å². The smallest absolute Gasteiger partial charge is 0.319 e. The molecule has 0 heterocycles. The Kier molecular flexibility index (Phi) is 6.90. The van der Waals surface area contributed by atoms with E-state index in [2.05, 4.69) is 26.6 Å². The molecule has 24 heavy (non-hydrogen) atoms. The predicted molar refractivity (Wildman–Crippen MR) is 98.5 cm³/mol. The molecule has 0 saturated carbocycles. The third-order valence-electron chi connectivity index (χ3n) is 3.17. The highest BCUT2D eigenvalue weighted by atomic mass is 79.9. The standard InChI is InChI=1S/C17H18BrClN2O3/c1-2-24-16-14(18)7-13(19)8-15(16)21-17(23)20-9-11-4-3-5-12(6-11)10-22/h3-8,22H,2,9-10H2,1H3,(H2,20,21,23). The Labute approximate surface area is 154 Å². The first-order valence-corrected chi connectivity index (χ1v) is 8.56. The fourth-order valence-corrected chi connectivity index (χ4v) is 3.06. The predicted octanol–water partition coefficient (Wildman–Crippen LogP) is 4.32. The van der Waals surface area contributed by atoms with Crippen molar-refractivity contribution in [2.75, 3.05) is 11.9 Å². The van der Waals surface area contributed by atoms with Gasteiger partial charge in [-0.25, -0.2) is 4.79 Å². The van der Waals surface area contributed by atoms with Gasteiger partial charge in [0.2, 0.25) is 0 Å². The van der Waals surface area contributed by atoms with Crippen LogP contribution in [0.1, 0.15) is 18.1 Å². The van der Waals surface area contributed by atoms with Crippen LogP contribution in [-0.2, 0) is 13.2 Å². The van der Waals surface area contributed by atoms with Crippen LogP contribution in [-0.4, -0.2) is 17.7 Å². The Hall–Kier alpha value is -1.76. The summed E-state index contributed by atoms with van der Waals surface area (Å²) in [5.41, 5.74) is 2.18. The van der Waals surface area contributed by atoms with Crippen LogP contribution >= 0.6 is 27.5 Å². The van der Waals surface area contributed by atoms with Crippen LogP contribution in [0, 0.1) is 0 Å². The number of anilines is 1. The molecule has 2 aromatic carbocycles. The van der Waals surface area contributed by atoms with E-state index in [1.165, 1.54) is 0 Å². The van der Waals surface area contributed by atoms with Crippen molar-refractivity contribution in [2.24, 2.45) is 0 Å². The van der Waals surface area contributed by atoms with E-state index in [-0.39, 0.29) is 12.6 Å². The molecule has 0 aliphatic carbocycles. The van der Waals surface area contributed by atoms with Crippen LogP contribution in [0.15, 0.2) is 40.9 Å². The lowest BCUT2D eigenvalue weighted by molar-refractivity contribution is 0.251. The third kappa shape index (κ3) is 5.12. The SMILES string of the molecule is CCOc1c(Br)cc(Cl)cc1NC(=O)NCc1cccc(CO)c1. The topological polar surface area (TPSA) is 70.6 Å². The molecule has 2 amide bonds. The minimum atomic E-state index is -0.375. The number of aliphatic hydroxyl groups is 1. The molecule has 3 N–H and O–H groups in total. The van der Waals surface area contributed by atoms with E-state index in [0.29, 0.717) is 34.1 Å². The van der Waals surface area contributed by atoms with Crippen molar-refractivity contribution >= 4 is 39.2 Å². The lowest BCUT2D eigenvalue weighted by Gasteiger charge is -2.14. The average Bonchev–Trinajstić information content (AvgIpc) is 2.56. The third-order valence-corrected chi connectivity index (χ3v) is 3.98. The summed E-state index contributed by atoms with van der Waals surface area (Å²) in [6, 6.07) is 10.3. The van der Waals surface area contributed by atoms with Gasteiger partial charge in [0.1, 0.15) is 0 Å². The van der Waals surface area contributed by atoms with Crippen LogP contribution in [0.3, 0.4) is 0 Å². The zero-order chi connectivity index (χ0) is 17.5. The average molecular weight is 414 g/mol. The van der Waals surface area contributed by atoms with Crippen molar-refractivity contribution in [3.63, 3.8) is 0 Å². The maximum Gasteiger partial charge on any atom is 0.319 e. The molecule has 2 aromatic rings. The van der Waals surface area contributed by atoms with Crippen molar-refractivity contribution in [1.82, 2.24) is 5.32 Å². The van der Waals surface area contributed by atoms with E-state index in [1.54, 1.807) is 12.1 Å². The summed E-state index contributed by atoms with van der Waals surface area (Å²) in [7, 11) is 0. The normalized spacial score (nSPS) is 10.3. The molecular formula is C17H18BrClN2O3. The Bertz CT molecular complexity index is 725. The van der Waals surface area contributed by atoms with Crippen LogP contribution in [0.2, 0.25) is 5.02 Å². The van der Waals surface area contributed by atoms with E-state index >= 15 is 0 Å². The molecule has 7 heteroatoms. The molecule has 5 nitrogen and oxygen atoms in total. The number of halogens is 2. The molecule has 0 unspecified atom stereocenters. The Balaban J connectivity index is 2.04. The number of hydrogen-bond acceptors (Lipinski definition) is 3. The molecule has 0 bridgehead atoms. The lowest BCUT2D eigenvalue weighted by atomic mass is 10.1. The van der Waals surface area contributed by atoms with E-state index in [4.69, 9.17) is 21.4 Å². The van der Waals surface area contributed by atoms with Gasteiger partial charge >= 0.3 is 6.03 Å². The zero-order valence-corrected chi connectivity index (χ0v) is 15.4. The first-order valence-electron chi connectivity index (χ1n) is 7.38. The molecule has 0 aliphatic rings. The highest BCUT2D eigenvalue weighted by Crippen LogP contribution is 2.36. The van der Waals surface area contributed by atoms with Gasteiger partial charge in [-0.2, -0.15) is 0 Å². The second-order valence-corrected chi connectivity index (χ2v) is 6.27. The molecule has 0 fully saturated rings. The van der Waals surface area contributed by atoms with E-state index in [9.17, 15) is 4.79 Å². The highest BCUT2D eigenvalue weighted by Gasteiger charge is 2.12. The maximum atomic E-state index is 12.1. The largest absolute Gasteiger partial charge is 0.491 e. The molecule has 0 aromatic heterocycles. The molecular weight excluding hydrogens is 396 g/mol. The number of carbonyl (C=O) groups is 1. The number of urea groups is 1. The molecule has 0 spiro atoms. The van der Waals surface area contributed by atoms with Gasteiger partial charge in [0.25, 0.3) is 0 Å². The second kappa shape index (κ2) is 8.92. The number of carbonyl (C=O) groups excluding carboxylic acids is 1. The number of benzene rings is 2. The monoisotopic (exact) mass is 412 g/mol. The van der Waals surface area contributed by atoms with Crippen LogP contribution in [0.4, 0.5) is 10.5 Å². The van der Waals surface area contributed by atoms with E-state index < -0.39 is 0 Å². The van der Waals surface area contributed by atoms with Crippen LogP contribution in [0.5, 0.6) is 5.75 Å². The molecule has 0 aliphatic heterocycles. The van der Waals surface area contributed by atoms with Crippen LogP contribution in [0.25, 0.3) is 0 Å². The number of rotatable bonds is 6. The first kappa shape index (κ1) is 18.6. The van der Waals surface area contributed by atoms with Crippen molar-refractivity contribution in [3.05, 3.63) is 57.0 Å². The van der Waals surface area contributed by atoms with Gasteiger partial charge in [-0.15, -0.1) is 0 Å². The number of hydrogen-bond donors (Lipinski definition) is 3. The minimum Gasteiger partial charge on any atom is -0.491 e. The summed E-state index contributed by atoms with van der Waals surface area (Å²) >= 11 is 9.41.